The first-order chi connectivity index (χ1) is 5.77. The zero-order valence-corrected chi connectivity index (χ0v) is 7.82. The number of halogens is 1. The number of hydrogen-bond donors (Lipinski definition) is 1. The van der Waals surface area contributed by atoms with Gasteiger partial charge in [-0.25, -0.2) is 0 Å². The summed E-state index contributed by atoms with van der Waals surface area (Å²) in [5.41, 5.74) is 6.41. The average molecular weight is 199 g/mol. The molecular formula is C8H7ClN2S. The van der Waals surface area contributed by atoms with Crippen LogP contribution in [0, 0.1) is 10.7 Å². The number of nitrogens with two attached hydrogens (primary N) is 1. The van der Waals surface area contributed by atoms with Crippen molar-refractivity contribution in [1.82, 2.24) is 0 Å². The Morgan fingerprint density at radius 1 is 1.58 bits per heavy atom. The van der Waals surface area contributed by atoms with E-state index in [1.165, 1.54) is 0 Å². The molecular weight excluding hydrogens is 192 g/mol. The van der Waals surface area contributed by atoms with E-state index < -0.39 is 0 Å². The molecule has 0 aliphatic carbocycles. The Bertz CT molecular complexity index is 319. The fourth-order valence-corrected chi connectivity index (χ4v) is 1.51. The maximum atomic E-state index is 8.43. The maximum Gasteiger partial charge on any atom is 0.138 e. The Hall–Kier alpha value is -0.690. The molecule has 0 heterocycles. The minimum atomic E-state index is 0.468. The first-order valence-electron chi connectivity index (χ1n) is 3.32. The van der Waals surface area contributed by atoms with Crippen LogP contribution in [-0.4, -0.2) is 0 Å². The summed E-state index contributed by atoms with van der Waals surface area (Å²) in [6.45, 7) is 0.468. The van der Waals surface area contributed by atoms with Crippen LogP contribution in [0.4, 0.5) is 0 Å². The van der Waals surface area contributed by atoms with Crippen molar-refractivity contribution in [2.24, 2.45) is 5.73 Å². The molecule has 1 aromatic rings. The van der Waals surface area contributed by atoms with Crippen molar-refractivity contribution in [2.45, 2.75) is 11.4 Å². The Morgan fingerprint density at radius 2 is 2.33 bits per heavy atom. The predicted octanol–water partition coefficient (Wildman–Crippen LogP) is 2.37. The number of thiocyanates is 1. The van der Waals surface area contributed by atoms with Crippen LogP contribution >= 0.6 is 23.4 Å². The van der Waals surface area contributed by atoms with E-state index in [9.17, 15) is 0 Å². The third kappa shape index (κ3) is 2.15. The summed E-state index contributed by atoms with van der Waals surface area (Å²) >= 11 is 6.87. The quantitative estimate of drug-likeness (QED) is 0.587. The van der Waals surface area contributed by atoms with Crippen LogP contribution in [0.25, 0.3) is 0 Å². The van der Waals surface area contributed by atoms with Crippen LogP contribution < -0.4 is 5.73 Å². The molecule has 0 fully saturated rings. The lowest BCUT2D eigenvalue weighted by Crippen LogP contribution is -1.95. The molecule has 4 heteroatoms. The van der Waals surface area contributed by atoms with Gasteiger partial charge in [0.05, 0.1) is 5.02 Å². The van der Waals surface area contributed by atoms with Gasteiger partial charge in [-0.05, 0) is 29.5 Å². The van der Waals surface area contributed by atoms with E-state index in [1.54, 1.807) is 6.07 Å². The van der Waals surface area contributed by atoms with Crippen LogP contribution in [0.3, 0.4) is 0 Å². The van der Waals surface area contributed by atoms with E-state index in [0.717, 1.165) is 22.2 Å². The van der Waals surface area contributed by atoms with Crippen molar-refractivity contribution in [3.05, 3.63) is 28.8 Å². The summed E-state index contributed by atoms with van der Waals surface area (Å²) in [4.78, 5) is 0.766. The van der Waals surface area contributed by atoms with E-state index in [2.05, 4.69) is 0 Å². The molecule has 0 unspecified atom stereocenters. The van der Waals surface area contributed by atoms with Gasteiger partial charge in [0, 0.05) is 11.4 Å². The normalized spacial score (nSPS) is 9.42. The van der Waals surface area contributed by atoms with Gasteiger partial charge in [-0.2, -0.15) is 5.26 Å². The first kappa shape index (κ1) is 9.40. The highest BCUT2D eigenvalue weighted by Crippen LogP contribution is 2.26. The summed E-state index contributed by atoms with van der Waals surface area (Å²) in [7, 11) is 0. The number of rotatable bonds is 2. The van der Waals surface area contributed by atoms with Crippen LogP contribution in [0.15, 0.2) is 23.1 Å². The first-order valence-corrected chi connectivity index (χ1v) is 4.52. The van der Waals surface area contributed by atoms with Crippen molar-refractivity contribution >= 4 is 23.4 Å². The molecule has 2 nitrogen and oxygen atoms in total. The summed E-state index contributed by atoms with van der Waals surface area (Å²) in [5.74, 6) is 0. The van der Waals surface area contributed by atoms with Gasteiger partial charge in [-0.1, -0.05) is 17.7 Å². The number of nitriles is 1. The fraction of sp³-hybridized carbons (Fsp3) is 0.125. The smallest absolute Gasteiger partial charge is 0.138 e. The Balaban J connectivity index is 3.01. The van der Waals surface area contributed by atoms with E-state index in [0.29, 0.717) is 11.6 Å². The minimum absolute atomic E-state index is 0.468. The molecule has 0 aliphatic heterocycles. The molecule has 0 aliphatic rings. The molecule has 2 N–H and O–H groups in total. The lowest BCUT2D eigenvalue weighted by atomic mass is 10.2. The zero-order valence-electron chi connectivity index (χ0n) is 6.25. The van der Waals surface area contributed by atoms with Gasteiger partial charge in [-0.3, -0.25) is 0 Å². The SMILES string of the molecule is N#CSc1cc(CN)ccc1Cl. The standard InChI is InChI=1S/C8H7ClN2S/c9-7-2-1-6(4-10)3-8(7)12-5-11/h1-3H,4,10H2. The maximum absolute atomic E-state index is 8.43. The van der Waals surface area contributed by atoms with Gasteiger partial charge < -0.3 is 5.73 Å². The highest BCUT2D eigenvalue weighted by atomic mass is 35.5. The van der Waals surface area contributed by atoms with Crippen molar-refractivity contribution in [3.8, 4) is 5.40 Å². The molecule has 0 aromatic heterocycles. The molecule has 0 spiro atoms. The lowest BCUT2D eigenvalue weighted by molar-refractivity contribution is 1.06. The van der Waals surface area contributed by atoms with Gasteiger partial charge in [-0.15, -0.1) is 0 Å². The van der Waals surface area contributed by atoms with Crippen molar-refractivity contribution in [1.29, 1.82) is 5.26 Å². The molecule has 0 bridgehead atoms. The van der Waals surface area contributed by atoms with E-state index in [1.807, 2.05) is 17.5 Å². The molecule has 0 saturated carbocycles. The third-order valence-corrected chi connectivity index (χ3v) is 2.48. The van der Waals surface area contributed by atoms with Crippen LogP contribution in [0.1, 0.15) is 5.56 Å². The summed E-state index contributed by atoms with van der Waals surface area (Å²) in [6, 6.07) is 5.43. The van der Waals surface area contributed by atoms with Crippen molar-refractivity contribution in [2.75, 3.05) is 0 Å². The highest BCUT2D eigenvalue weighted by molar-refractivity contribution is 8.03. The molecule has 0 radical (unpaired) electrons. The van der Waals surface area contributed by atoms with Crippen LogP contribution in [0.5, 0.6) is 0 Å². The van der Waals surface area contributed by atoms with Gasteiger partial charge in [0.25, 0.3) is 0 Å². The third-order valence-electron chi connectivity index (χ3n) is 1.39. The lowest BCUT2D eigenvalue weighted by Gasteiger charge is -2.00. The molecule has 1 aromatic carbocycles. The molecule has 0 saturated heterocycles. The van der Waals surface area contributed by atoms with Gasteiger partial charge >= 0.3 is 0 Å². The van der Waals surface area contributed by atoms with Crippen molar-refractivity contribution in [3.63, 3.8) is 0 Å². The monoisotopic (exact) mass is 198 g/mol. The Kier molecular flexibility index (Phi) is 3.42. The topological polar surface area (TPSA) is 49.8 Å². The Morgan fingerprint density at radius 3 is 2.92 bits per heavy atom. The number of hydrogen-bond acceptors (Lipinski definition) is 3. The Labute approximate surface area is 80.3 Å². The van der Waals surface area contributed by atoms with E-state index in [4.69, 9.17) is 22.6 Å². The second-order valence-electron chi connectivity index (χ2n) is 2.16. The van der Waals surface area contributed by atoms with Crippen LogP contribution in [0.2, 0.25) is 5.02 Å². The largest absolute Gasteiger partial charge is 0.326 e. The average Bonchev–Trinajstić information content (AvgIpc) is 2.09. The number of nitrogens with zero attached hydrogens (tertiary/aromatic N) is 1. The van der Waals surface area contributed by atoms with Gasteiger partial charge in [0.2, 0.25) is 0 Å². The summed E-state index contributed by atoms with van der Waals surface area (Å²) in [6.07, 6.45) is 0. The van der Waals surface area contributed by atoms with E-state index >= 15 is 0 Å². The zero-order chi connectivity index (χ0) is 8.97. The number of thioether (sulfide) groups is 1. The summed E-state index contributed by atoms with van der Waals surface area (Å²) in [5, 5.41) is 11.0. The second kappa shape index (κ2) is 4.36. The predicted molar refractivity (Wildman–Crippen MR) is 50.8 cm³/mol. The minimum Gasteiger partial charge on any atom is -0.326 e. The van der Waals surface area contributed by atoms with Crippen molar-refractivity contribution < 1.29 is 0 Å². The van der Waals surface area contributed by atoms with Crippen LogP contribution in [-0.2, 0) is 6.54 Å². The molecule has 1 rings (SSSR count). The molecule has 62 valence electrons. The van der Waals surface area contributed by atoms with Gasteiger partial charge in [0.15, 0.2) is 0 Å². The summed E-state index contributed by atoms with van der Waals surface area (Å²) < 4.78 is 0. The highest BCUT2D eigenvalue weighted by Gasteiger charge is 2.00. The second-order valence-corrected chi connectivity index (χ2v) is 3.40. The molecule has 0 amide bonds. The van der Waals surface area contributed by atoms with E-state index in [-0.39, 0.29) is 0 Å². The van der Waals surface area contributed by atoms with Gasteiger partial charge in [0.1, 0.15) is 5.40 Å². The molecule has 12 heavy (non-hydrogen) atoms. The number of benzene rings is 1. The molecule has 0 atom stereocenters. The fourth-order valence-electron chi connectivity index (χ4n) is 0.802.